The van der Waals surface area contributed by atoms with Crippen LogP contribution in [0.1, 0.15) is 27.4 Å². The second-order valence-corrected chi connectivity index (χ2v) is 5.96. The highest BCUT2D eigenvalue weighted by Crippen LogP contribution is 2.23. The molecule has 1 aromatic rings. The summed E-state index contributed by atoms with van der Waals surface area (Å²) in [5.74, 6) is -1.56. The highest BCUT2D eigenvalue weighted by Gasteiger charge is 2.26. The maximum absolute atomic E-state index is 12.3. The third-order valence-electron chi connectivity index (χ3n) is 3.41. The monoisotopic (exact) mass is 308 g/mol. The fourth-order valence-corrected chi connectivity index (χ4v) is 3.11. The van der Waals surface area contributed by atoms with Crippen LogP contribution in [0.15, 0.2) is 18.2 Å². The van der Waals surface area contributed by atoms with E-state index in [9.17, 15) is 14.4 Å². The molecule has 2 heterocycles. The summed E-state index contributed by atoms with van der Waals surface area (Å²) in [6, 6.07) is 3.40. The number of rotatable bonds is 4. The Balaban J connectivity index is 1.98. The molecule has 0 aliphatic carbocycles. The molecular weight excluding hydrogens is 292 g/mol. The Morgan fingerprint density at radius 2 is 1.95 bits per heavy atom. The molecule has 0 saturated carbocycles. The lowest BCUT2D eigenvalue weighted by Crippen LogP contribution is -2.41. The number of hydrogen-bond acceptors (Lipinski definition) is 4. The molecule has 1 aromatic heterocycles. The van der Waals surface area contributed by atoms with E-state index in [0.717, 1.165) is 6.08 Å². The molecule has 1 saturated heterocycles. The van der Waals surface area contributed by atoms with E-state index in [1.807, 2.05) is 0 Å². The second-order valence-electron chi connectivity index (χ2n) is 4.84. The molecule has 3 N–H and O–H groups in total. The Morgan fingerprint density at radius 3 is 2.52 bits per heavy atom. The highest BCUT2D eigenvalue weighted by atomic mass is 32.1. The van der Waals surface area contributed by atoms with Gasteiger partial charge in [0.1, 0.15) is 0 Å². The average Bonchev–Trinajstić information content (AvgIpc) is 2.93. The molecule has 2 amide bonds. The van der Waals surface area contributed by atoms with Gasteiger partial charge in [-0.25, -0.2) is 4.79 Å². The number of piperidine rings is 1. The number of primary amides is 1. The quantitative estimate of drug-likeness (QED) is 0.816. The van der Waals surface area contributed by atoms with Crippen LogP contribution < -0.4 is 5.73 Å². The fraction of sp³-hybridized carbons (Fsp3) is 0.357. The van der Waals surface area contributed by atoms with Crippen LogP contribution in [0.2, 0.25) is 0 Å². The molecule has 2 rings (SSSR count). The van der Waals surface area contributed by atoms with Gasteiger partial charge in [0.15, 0.2) is 0 Å². The van der Waals surface area contributed by atoms with Crippen LogP contribution in [0.25, 0.3) is 6.08 Å². The van der Waals surface area contributed by atoms with Crippen molar-refractivity contribution in [2.45, 2.75) is 12.8 Å². The van der Waals surface area contributed by atoms with Gasteiger partial charge in [0.25, 0.3) is 5.91 Å². The van der Waals surface area contributed by atoms with E-state index < -0.39 is 5.97 Å². The van der Waals surface area contributed by atoms with Crippen molar-refractivity contribution in [2.24, 2.45) is 11.7 Å². The SMILES string of the molecule is NC(=O)C1CCN(C(=O)c2ccc(C=CC(=O)O)s2)CC1. The van der Waals surface area contributed by atoms with Gasteiger partial charge in [0, 0.05) is 30.0 Å². The van der Waals surface area contributed by atoms with Gasteiger partial charge in [-0.3, -0.25) is 9.59 Å². The first-order chi connectivity index (χ1) is 9.97. The molecule has 1 aliphatic heterocycles. The molecule has 112 valence electrons. The van der Waals surface area contributed by atoms with Gasteiger partial charge in [-0.15, -0.1) is 11.3 Å². The summed E-state index contributed by atoms with van der Waals surface area (Å²) in [4.78, 5) is 36.8. The van der Waals surface area contributed by atoms with Crippen molar-refractivity contribution in [2.75, 3.05) is 13.1 Å². The maximum Gasteiger partial charge on any atom is 0.328 e. The number of amides is 2. The normalized spacial score (nSPS) is 16.3. The second kappa shape index (κ2) is 6.53. The Morgan fingerprint density at radius 1 is 1.29 bits per heavy atom. The van der Waals surface area contributed by atoms with Crippen molar-refractivity contribution in [1.29, 1.82) is 0 Å². The standard InChI is InChI=1S/C14H16N2O4S/c15-13(19)9-5-7-16(8-6-9)14(20)11-3-1-10(21-11)2-4-12(17)18/h1-4,9H,5-8H2,(H2,15,19)(H,17,18). The molecule has 0 aromatic carbocycles. The molecule has 0 spiro atoms. The predicted molar refractivity (Wildman–Crippen MR) is 78.8 cm³/mol. The lowest BCUT2D eigenvalue weighted by Gasteiger charge is -2.30. The minimum atomic E-state index is -1.02. The molecule has 7 heteroatoms. The van der Waals surface area contributed by atoms with E-state index in [2.05, 4.69) is 0 Å². The van der Waals surface area contributed by atoms with Crippen molar-refractivity contribution in [3.63, 3.8) is 0 Å². The van der Waals surface area contributed by atoms with Gasteiger partial charge in [-0.1, -0.05) is 0 Å². The molecule has 1 fully saturated rings. The lowest BCUT2D eigenvalue weighted by atomic mass is 9.96. The fourth-order valence-electron chi connectivity index (χ4n) is 2.23. The number of hydrogen-bond donors (Lipinski definition) is 2. The number of carboxylic acids is 1. The van der Waals surface area contributed by atoms with Crippen LogP contribution in [0.3, 0.4) is 0 Å². The Labute approximate surface area is 125 Å². The third-order valence-corrected chi connectivity index (χ3v) is 4.45. The van der Waals surface area contributed by atoms with E-state index in [1.165, 1.54) is 17.4 Å². The van der Waals surface area contributed by atoms with Crippen LogP contribution in [-0.4, -0.2) is 40.9 Å². The summed E-state index contributed by atoms with van der Waals surface area (Å²) in [6.45, 7) is 1.04. The van der Waals surface area contributed by atoms with E-state index in [1.54, 1.807) is 17.0 Å². The smallest absolute Gasteiger partial charge is 0.328 e. The van der Waals surface area contributed by atoms with Crippen LogP contribution >= 0.6 is 11.3 Å². The van der Waals surface area contributed by atoms with Crippen molar-refractivity contribution in [3.05, 3.63) is 28.0 Å². The van der Waals surface area contributed by atoms with Gasteiger partial charge >= 0.3 is 5.97 Å². The largest absolute Gasteiger partial charge is 0.478 e. The van der Waals surface area contributed by atoms with Crippen molar-refractivity contribution in [3.8, 4) is 0 Å². The third kappa shape index (κ3) is 3.91. The van der Waals surface area contributed by atoms with E-state index in [0.29, 0.717) is 35.7 Å². The minimum Gasteiger partial charge on any atom is -0.478 e. The first-order valence-corrected chi connectivity index (χ1v) is 7.38. The molecule has 1 aliphatic rings. The molecular formula is C14H16N2O4S. The maximum atomic E-state index is 12.3. The van der Waals surface area contributed by atoms with E-state index in [-0.39, 0.29) is 17.7 Å². The van der Waals surface area contributed by atoms with Gasteiger partial charge in [0.2, 0.25) is 5.91 Å². The molecule has 0 radical (unpaired) electrons. The Hall–Kier alpha value is -2.15. The van der Waals surface area contributed by atoms with Gasteiger partial charge in [-0.05, 0) is 31.1 Å². The number of aliphatic carboxylic acids is 1. The summed E-state index contributed by atoms with van der Waals surface area (Å²) < 4.78 is 0. The van der Waals surface area contributed by atoms with Crippen LogP contribution in [-0.2, 0) is 9.59 Å². The lowest BCUT2D eigenvalue weighted by molar-refractivity contribution is -0.131. The average molecular weight is 308 g/mol. The van der Waals surface area contributed by atoms with Crippen molar-refractivity contribution in [1.82, 2.24) is 4.90 Å². The summed E-state index contributed by atoms with van der Waals surface area (Å²) in [7, 11) is 0. The number of carboxylic acid groups (broad SMARTS) is 1. The Bertz CT molecular complexity index is 586. The van der Waals surface area contributed by atoms with Crippen LogP contribution in [0.4, 0.5) is 0 Å². The zero-order valence-electron chi connectivity index (χ0n) is 11.3. The molecule has 0 unspecified atom stereocenters. The van der Waals surface area contributed by atoms with Gasteiger partial charge in [-0.2, -0.15) is 0 Å². The summed E-state index contributed by atoms with van der Waals surface area (Å²) in [5.41, 5.74) is 5.27. The summed E-state index contributed by atoms with van der Waals surface area (Å²) in [6.07, 6.45) is 3.69. The highest BCUT2D eigenvalue weighted by molar-refractivity contribution is 7.14. The summed E-state index contributed by atoms with van der Waals surface area (Å²) in [5, 5.41) is 8.57. The molecule has 21 heavy (non-hydrogen) atoms. The van der Waals surface area contributed by atoms with Crippen LogP contribution in [0.5, 0.6) is 0 Å². The van der Waals surface area contributed by atoms with Crippen molar-refractivity contribution < 1.29 is 19.5 Å². The Kier molecular flexibility index (Phi) is 4.74. The van der Waals surface area contributed by atoms with Gasteiger partial charge < -0.3 is 15.7 Å². The summed E-state index contributed by atoms with van der Waals surface area (Å²) >= 11 is 1.25. The van der Waals surface area contributed by atoms with E-state index in [4.69, 9.17) is 10.8 Å². The molecule has 0 bridgehead atoms. The number of carbonyl (C=O) groups excluding carboxylic acids is 2. The molecule has 0 atom stereocenters. The zero-order valence-corrected chi connectivity index (χ0v) is 12.1. The number of thiophene rings is 1. The van der Waals surface area contributed by atoms with Crippen LogP contribution in [0, 0.1) is 5.92 Å². The van der Waals surface area contributed by atoms with E-state index >= 15 is 0 Å². The number of carbonyl (C=O) groups is 3. The molecule has 6 nitrogen and oxygen atoms in total. The van der Waals surface area contributed by atoms with Gasteiger partial charge in [0.05, 0.1) is 4.88 Å². The van der Waals surface area contributed by atoms with Crippen molar-refractivity contribution >= 4 is 35.2 Å². The number of nitrogens with two attached hydrogens (primary N) is 1. The first-order valence-electron chi connectivity index (χ1n) is 6.57. The number of nitrogens with zero attached hydrogens (tertiary/aromatic N) is 1. The zero-order chi connectivity index (χ0) is 15.4. The number of likely N-dealkylation sites (tertiary alicyclic amines) is 1. The first kappa shape index (κ1) is 15.2. The predicted octanol–water partition coefficient (Wildman–Crippen LogP) is 1.18. The minimum absolute atomic E-state index is 0.0853. The topological polar surface area (TPSA) is 101 Å².